The Bertz CT molecular complexity index is 309. The van der Waals surface area contributed by atoms with Gasteiger partial charge < -0.3 is 10.2 Å². The molecule has 0 bridgehead atoms. The molecule has 0 aliphatic heterocycles. The van der Waals surface area contributed by atoms with Gasteiger partial charge in [-0.2, -0.15) is 0 Å². The summed E-state index contributed by atoms with van der Waals surface area (Å²) < 4.78 is 0. The second-order valence-electron chi connectivity index (χ2n) is 4.58. The Labute approximate surface area is 108 Å². The summed E-state index contributed by atoms with van der Waals surface area (Å²) in [7, 11) is 0. The molecular formula is C14H24O2S. The molecule has 0 saturated heterocycles. The van der Waals surface area contributed by atoms with Crippen molar-refractivity contribution in [2.24, 2.45) is 0 Å². The first-order valence-electron chi connectivity index (χ1n) is 6.61. The van der Waals surface area contributed by atoms with Crippen molar-refractivity contribution in [3.8, 4) is 0 Å². The molecule has 2 N–H and O–H groups in total. The van der Waals surface area contributed by atoms with Gasteiger partial charge >= 0.3 is 0 Å². The molecule has 17 heavy (non-hydrogen) atoms. The van der Waals surface area contributed by atoms with Gasteiger partial charge in [-0.3, -0.25) is 0 Å². The maximum atomic E-state index is 9.77. The average Bonchev–Trinajstić information content (AvgIpc) is 2.74. The summed E-state index contributed by atoms with van der Waals surface area (Å²) in [5.41, 5.74) is 0. The van der Waals surface area contributed by atoms with Gasteiger partial charge in [0.05, 0.1) is 12.2 Å². The Balaban J connectivity index is 2.33. The summed E-state index contributed by atoms with van der Waals surface area (Å²) in [6.45, 7) is 4.20. The van der Waals surface area contributed by atoms with E-state index in [-0.39, 0.29) is 0 Å². The highest BCUT2D eigenvalue weighted by atomic mass is 32.1. The third-order valence-corrected chi connectivity index (χ3v) is 4.13. The largest absolute Gasteiger partial charge is 0.390 e. The van der Waals surface area contributed by atoms with E-state index in [1.807, 2.05) is 18.3 Å². The van der Waals surface area contributed by atoms with Crippen molar-refractivity contribution < 1.29 is 10.2 Å². The first-order chi connectivity index (χ1) is 8.17. The zero-order chi connectivity index (χ0) is 12.7. The summed E-state index contributed by atoms with van der Waals surface area (Å²) >= 11 is 1.83. The van der Waals surface area contributed by atoms with E-state index in [1.165, 1.54) is 16.2 Å². The van der Waals surface area contributed by atoms with Crippen LogP contribution in [0.5, 0.6) is 0 Å². The number of aliphatic hydroxyl groups excluding tert-OH is 2. The maximum absolute atomic E-state index is 9.77. The SMILES string of the molecule is CCCc1ccc(CCC(O)C(O)CCC)s1. The summed E-state index contributed by atoms with van der Waals surface area (Å²) in [5.74, 6) is 0. The predicted molar refractivity (Wildman–Crippen MR) is 73.6 cm³/mol. The molecule has 2 unspecified atom stereocenters. The van der Waals surface area contributed by atoms with Crippen LogP contribution in [0.3, 0.4) is 0 Å². The maximum Gasteiger partial charge on any atom is 0.0802 e. The Morgan fingerprint density at radius 1 is 0.941 bits per heavy atom. The smallest absolute Gasteiger partial charge is 0.0802 e. The van der Waals surface area contributed by atoms with Gasteiger partial charge in [-0.05, 0) is 37.8 Å². The molecule has 2 atom stereocenters. The highest BCUT2D eigenvalue weighted by Crippen LogP contribution is 2.20. The van der Waals surface area contributed by atoms with Crippen LogP contribution in [-0.4, -0.2) is 22.4 Å². The minimum absolute atomic E-state index is 0.560. The second-order valence-corrected chi connectivity index (χ2v) is 5.83. The lowest BCUT2D eigenvalue weighted by atomic mass is 10.0. The fourth-order valence-corrected chi connectivity index (χ4v) is 3.04. The highest BCUT2D eigenvalue weighted by molar-refractivity contribution is 7.11. The first kappa shape index (κ1) is 14.7. The molecule has 0 radical (unpaired) electrons. The fourth-order valence-electron chi connectivity index (χ4n) is 1.91. The van der Waals surface area contributed by atoms with Crippen molar-refractivity contribution >= 4 is 11.3 Å². The van der Waals surface area contributed by atoms with E-state index in [9.17, 15) is 10.2 Å². The van der Waals surface area contributed by atoms with Gasteiger partial charge in [0.1, 0.15) is 0 Å². The molecule has 0 saturated carbocycles. The van der Waals surface area contributed by atoms with Crippen LogP contribution >= 0.6 is 11.3 Å². The van der Waals surface area contributed by atoms with Gasteiger partial charge in [0.25, 0.3) is 0 Å². The standard InChI is InChI=1S/C14H24O2S/c1-3-5-11-7-8-12(17-11)9-10-14(16)13(15)6-4-2/h7-8,13-16H,3-6,9-10H2,1-2H3. The Kier molecular flexibility index (Phi) is 6.78. The van der Waals surface area contributed by atoms with Crippen LogP contribution < -0.4 is 0 Å². The van der Waals surface area contributed by atoms with E-state index in [2.05, 4.69) is 19.1 Å². The number of hydrogen-bond donors (Lipinski definition) is 2. The monoisotopic (exact) mass is 256 g/mol. The third kappa shape index (κ3) is 5.19. The normalized spacial score (nSPS) is 14.8. The van der Waals surface area contributed by atoms with E-state index in [0.29, 0.717) is 12.8 Å². The van der Waals surface area contributed by atoms with Crippen LogP contribution in [0, 0.1) is 0 Å². The summed E-state index contributed by atoms with van der Waals surface area (Å²) in [6.07, 6.45) is 4.32. The van der Waals surface area contributed by atoms with Crippen molar-refractivity contribution in [3.05, 3.63) is 21.9 Å². The Morgan fingerprint density at radius 3 is 2.12 bits per heavy atom. The van der Waals surface area contributed by atoms with Gasteiger partial charge in [0, 0.05) is 9.75 Å². The topological polar surface area (TPSA) is 40.5 Å². The first-order valence-corrected chi connectivity index (χ1v) is 7.42. The Hall–Kier alpha value is -0.380. The minimum atomic E-state index is -0.577. The van der Waals surface area contributed by atoms with Crippen LogP contribution in [0.15, 0.2) is 12.1 Å². The molecule has 1 aromatic rings. The zero-order valence-corrected chi connectivity index (χ0v) is 11.7. The highest BCUT2D eigenvalue weighted by Gasteiger charge is 2.15. The molecule has 0 amide bonds. The van der Waals surface area contributed by atoms with E-state index >= 15 is 0 Å². The molecule has 1 heterocycles. The van der Waals surface area contributed by atoms with Crippen molar-refractivity contribution in [3.63, 3.8) is 0 Å². The van der Waals surface area contributed by atoms with Crippen molar-refractivity contribution in [2.75, 3.05) is 0 Å². The molecule has 1 aromatic heterocycles. The second kappa shape index (κ2) is 7.85. The number of thiophene rings is 1. The van der Waals surface area contributed by atoms with Crippen molar-refractivity contribution in [1.29, 1.82) is 0 Å². The number of aryl methyl sites for hydroxylation is 2. The predicted octanol–water partition coefficient (Wildman–Crippen LogP) is 3.16. The van der Waals surface area contributed by atoms with E-state index in [1.54, 1.807) is 0 Å². The van der Waals surface area contributed by atoms with Gasteiger partial charge in [-0.15, -0.1) is 11.3 Å². The van der Waals surface area contributed by atoms with Gasteiger partial charge in [0.15, 0.2) is 0 Å². The molecule has 0 aromatic carbocycles. The van der Waals surface area contributed by atoms with Crippen LogP contribution in [0.1, 0.15) is 49.3 Å². The lowest BCUT2D eigenvalue weighted by molar-refractivity contribution is 0.00991. The molecule has 2 nitrogen and oxygen atoms in total. The van der Waals surface area contributed by atoms with E-state index < -0.39 is 12.2 Å². The van der Waals surface area contributed by atoms with Crippen molar-refractivity contribution in [1.82, 2.24) is 0 Å². The molecule has 0 spiro atoms. The number of aliphatic hydroxyl groups is 2. The molecule has 0 aliphatic rings. The quantitative estimate of drug-likeness (QED) is 0.750. The van der Waals surface area contributed by atoms with Crippen LogP contribution in [0.4, 0.5) is 0 Å². The van der Waals surface area contributed by atoms with Crippen LogP contribution in [0.2, 0.25) is 0 Å². The average molecular weight is 256 g/mol. The number of hydrogen-bond acceptors (Lipinski definition) is 3. The van der Waals surface area contributed by atoms with Gasteiger partial charge in [0.2, 0.25) is 0 Å². The fraction of sp³-hybridized carbons (Fsp3) is 0.714. The summed E-state index contributed by atoms with van der Waals surface area (Å²) in [6, 6.07) is 4.33. The summed E-state index contributed by atoms with van der Waals surface area (Å²) in [4.78, 5) is 2.74. The Morgan fingerprint density at radius 2 is 1.53 bits per heavy atom. The molecular weight excluding hydrogens is 232 g/mol. The summed E-state index contributed by atoms with van der Waals surface area (Å²) in [5, 5.41) is 19.4. The van der Waals surface area contributed by atoms with Crippen LogP contribution in [0.25, 0.3) is 0 Å². The minimum Gasteiger partial charge on any atom is -0.390 e. The third-order valence-electron chi connectivity index (χ3n) is 2.93. The van der Waals surface area contributed by atoms with E-state index in [0.717, 1.165) is 19.3 Å². The molecule has 0 fully saturated rings. The van der Waals surface area contributed by atoms with Gasteiger partial charge in [-0.1, -0.05) is 26.7 Å². The zero-order valence-electron chi connectivity index (χ0n) is 10.9. The van der Waals surface area contributed by atoms with Crippen molar-refractivity contribution in [2.45, 2.75) is 64.6 Å². The molecule has 0 aliphatic carbocycles. The molecule has 1 rings (SSSR count). The molecule has 3 heteroatoms. The van der Waals surface area contributed by atoms with Gasteiger partial charge in [-0.25, -0.2) is 0 Å². The number of rotatable bonds is 8. The lowest BCUT2D eigenvalue weighted by Gasteiger charge is -2.16. The lowest BCUT2D eigenvalue weighted by Crippen LogP contribution is -2.25. The van der Waals surface area contributed by atoms with E-state index in [4.69, 9.17) is 0 Å². The molecule has 98 valence electrons. The van der Waals surface area contributed by atoms with Crippen LogP contribution in [-0.2, 0) is 12.8 Å².